The van der Waals surface area contributed by atoms with Crippen LogP contribution in [0.4, 0.5) is 0 Å². The SMILES string of the molecule is Cc1ccn(C)c1C(=O)NCc1ccc(C(=O)N2CC(C)OC(C)C2)cc1. The van der Waals surface area contributed by atoms with Gasteiger partial charge in [-0.3, -0.25) is 9.59 Å². The van der Waals surface area contributed by atoms with Gasteiger partial charge in [-0.15, -0.1) is 0 Å². The van der Waals surface area contributed by atoms with Crippen LogP contribution in [-0.4, -0.2) is 46.6 Å². The van der Waals surface area contributed by atoms with Crippen molar-refractivity contribution in [3.05, 3.63) is 58.9 Å². The molecule has 1 fully saturated rings. The first-order chi connectivity index (χ1) is 12.8. The van der Waals surface area contributed by atoms with Crippen molar-refractivity contribution >= 4 is 11.8 Å². The van der Waals surface area contributed by atoms with Gasteiger partial charge in [-0.2, -0.15) is 0 Å². The van der Waals surface area contributed by atoms with Gasteiger partial charge >= 0.3 is 0 Å². The topological polar surface area (TPSA) is 63.6 Å². The molecule has 1 saturated heterocycles. The fourth-order valence-electron chi connectivity index (χ4n) is 3.55. The fraction of sp³-hybridized carbons (Fsp3) is 0.429. The molecule has 1 aromatic heterocycles. The molecule has 0 radical (unpaired) electrons. The standard InChI is InChI=1S/C21H27N3O3/c1-14-9-10-23(4)19(14)20(25)22-11-17-5-7-18(8-6-17)21(26)24-12-15(2)27-16(3)13-24/h5-10,15-16H,11-13H2,1-4H3,(H,22,25). The molecule has 27 heavy (non-hydrogen) atoms. The van der Waals surface area contributed by atoms with Gasteiger partial charge in [0.15, 0.2) is 0 Å². The van der Waals surface area contributed by atoms with Gasteiger partial charge in [0, 0.05) is 38.4 Å². The summed E-state index contributed by atoms with van der Waals surface area (Å²) in [6.07, 6.45) is 1.97. The molecular weight excluding hydrogens is 342 g/mol. The van der Waals surface area contributed by atoms with Gasteiger partial charge in [0.2, 0.25) is 0 Å². The molecule has 2 amide bonds. The Bertz CT molecular complexity index is 796. The summed E-state index contributed by atoms with van der Waals surface area (Å²) in [7, 11) is 1.86. The van der Waals surface area contributed by atoms with Crippen LogP contribution in [0.25, 0.3) is 0 Å². The Morgan fingerprint density at radius 2 is 1.74 bits per heavy atom. The lowest BCUT2D eigenvalue weighted by molar-refractivity contribution is -0.0586. The average molecular weight is 369 g/mol. The van der Waals surface area contributed by atoms with E-state index in [4.69, 9.17) is 4.74 Å². The lowest BCUT2D eigenvalue weighted by Crippen LogP contribution is -2.48. The van der Waals surface area contributed by atoms with Gasteiger partial charge in [-0.25, -0.2) is 0 Å². The molecule has 6 nitrogen and oxygen atoms in total. The van der Waals surface area contributed by atoms with Crippen molar-refractivity contribution < 1.29 is 14.3 Å². The number of benzene rings is 1. The van der Waals surface area contributed by atoms with Crippen LogP contribution in [0.2, 0.25) is 0 Å². The number of nitrogens with one attached hydrogen (secondary N) is 1. The molecule has 2 aromatic rings. The summed E-state index contributed by atoms with van der Waals surface area (Å²) in [5, 5.41) is 2.94. The maximum Gasteiger partial charge on any atom is 0.268 e. The molecule has 0 bridgehead atoms. The van der Waals surface area contributed by atoms with Crippen molar-refractivity contribution in [3.63, 3.8) is 0 Å². The van der Waals surface area contributed by atoms with E-state index in [0.29, 0.717) is 30.9 Å². The second-order valence-electron chi connectivity index (χ2n) is 7.31. The number of aromatic nitrogens is 1. The first-order valence-corrected chi connectivity index (χ1v) is 9.29. The van der Waals surface area contributed by atoms with E-state index in [-0.39, 0.29) is 24.0 Å². The monoisotopic (exact) mass is 369 g/mol. The van der Waals surface area contributed by atoms with E-state index < -0.39 is 0 Å². The Kier molecular flexibility index (Phi) is 5.65. The third-order valence-corrected chi connectivity index (χ3v) is 4.85. The van der Waals surface area contributed by atoms with Gasteiger partial charge in [-0.05, 0) is 50.1 Å². The molecule has 144 valence electrons. The highest BCUT2D eigenvalue weighted by Crippen LogP contribution is 2.15. The number of rotatable bonds is 4. The molecule has 1 N–H and O–H groups in total. The van der Waals surface area contributed by atoms with E-state index in [0.717, 1.165) is 11.1 Å². The van der Waals surface area contributed by atoms with E-state index in [1.165, 1.54) is 0 Å². The number of carbonyl (C=O) groups is 2. The van der Waals surface area contributed by atoms with Gasteiger partial charge in [-0.1, -0.05) is 12.1 Å². The Morgan fingerprint density at radius 3 is 2.30 bits per heavy atom. The van der Waals surface area contributed by atoms with Crippen LogP contribution in [0.5, 0.6) is 0 Å². The minimum atomic E-state index is -0.101. The van der Waals surface area contributed by atoms with E-state index in [9.17, 15) is 9.59 Å². The molecule has 6 heteroatoms. The number of amides is 2. The summed E-state index contributed by atoms with van der Waals surface area (Å²) < 4.78 is 7.50. The van der Waals surface area contributed by atoms with Crippen LogP contribution in [0.15, 0.2) is 36.5 Å². The predicted molar refractivity (Wildman–Crippen MR) is 104 cm³/mol. The zero-order valence-electron chi connectivity index (χ0n) is 16.4. The Morgan fingerprint density at radius 1 is 1.11 bits per heavy atom. The number of hydrogen-bond donors (Lipinski definition) is 1. The molecule has 2 unspecified atom stereocenters. The van der Waals surface area contributed by atoms with Crippen LogP contribution in [0.1, 0.15) is 45.8 Å². The maximum absolute atomic E-state index is 12.7. The third kappa shape index (κ3) is 4.39. The molecule has 0 spiro atoms. The van der Waals surface area contributed by atoms with Crippen molar-refractivity contribution in [2.75, 3.05) is 13.1 Å². The number of carbonyl (C=O) groups excluding carboxylic acids is 2. The van der Waals surface area contributed by atoms with Crippen LogP contribution >= 0.6 is 0 Å². The van der Waals surface area contributed by atoms with Crippen molar-refractivity contribution in [2.45, 2.75) is 39.5 Å². The van der Waals surface area contributed by atoms with Crippen molar-refractivity contribution in [1.29, 1.82) is 0 Å². The van der Waals surface area contributed by atoms with Gasteiger partial charge in [0.1, 0.15) is 5.69 Å². The lowest BCUT2D eigenvalue weighted by Gasteiger charge is -2.35. The molecule has 1 aliphatic rings. The fourth-order valence-corrected chi connectivity index (χ4v) is 3.55. The van der Waals surface area contributed by atoms with Gasteiger partial charge in [0.25, 0.3) is 11.8 Å². The lowest BCUT2D eigenvalue weighted by atomic mass is 10.1. The minimum absolute atomic E-state index is 0.0204. The van der Waals surface area contributed by atoms with E-state index >= 15 is 0 Å². The molecule has 3 rings (SSSR count). The second-order valence-corrected chi connectivity index (χ2v) is 7.31. The molecule has 1 aromatic carbocycles. The number of aryl methyl sites for hydroxylation is 2. The Labute approximate surface area is 160 Å². The van der Waals surface area contributed by atoms with Crippen molar-refractivity contribution in [3.8, 4) is 0 Å². The van der Waals surface area contributed by atoms with E-state index in [1.54, 1.807) is 0 Å². The number of ether oxygens (including phenoxy) is 1. The Hall–Kier alpha value is -2.60. The highest BCUT2D eigenvalue weighted by atomic mass is 16.5. The molecule has 1 aliphatic heterocycles. The van der Waals surface area contributed by atoms with Crippen LogP contribution in [-0.2, 0) is 18.3 Å². The summed E-state index contributed by atoms with van der Waals surface area (Å²) >= 11 is 0. The van der Waals surface area contributed by atoms with Crippen molar-refractivity contribution in [1.82, 2.24) is 14.8 Å². The van der Waals surface area contributed by atoms with E-state index in [2.05, 4.69) is 5.32 Å². The highest BCUT2D eigenvalue weighted by molar-refractivity contribution is 5.95. The maximum atomic E-state index is 12.7. The van der Waals surface area contributed by atoms with Crippen LogP contribution in [0.3, 0.4) is 0 Å². The molecule has 0 aliphatic carbocycles. The van der Waals surface area contributed by atoms with Crippen molar-refractivity contribution in [2.24, 2.45) is 7.05 Å². The minimum Gasteiger partial charge on any atom is -0.372 e. The first-order valence-electron chi connectivity index (χ1n) is 9.29. The third-order valence-electron chi connectivity index (χ3n) is 4.85. The van der Waals surface area contributed by atoms with E-state index in [1.807, 2.05) is 73.8 Å². The summed E-state index contributed by atoms with van der Waals surface area (Å²) in [5.74, 6) is -0.0801. The molecular formula is C21H27N3O3. The number of hydrogen-bond acceptors (Lipinski definition) is 3. The largest absolute Gasteiger partial charge is 0.372 e. The first kappa shape index (κ1) is 19.2. The smallest absolute Gasteiger partial charge is 0.268 e. The predicted octanol–water partition coefficient (Wildman–Crippen LogP) is 2.51. The highest BCUT2D eigenvalue weighted by Gasteiger charge is 2.26. The normalized spacial score (nSPS) is 19.8. The zero-order valence-corrected chi connectivity index (χ0v) is 16.4. The van der Waals surface area contributed by atoms with Crippen LogP contribution < -0.4 is 5.32 Å². The number of nitrogens with zero attached hydrogens (tertiary/aromatic N) is 2. The number of morpholine rings is 1. The summed E-state index contributed by atoms with van der Waals surface area (Å²) in [4.78, 5) is 26.9. The quantitative estimate of drug-likeness (QED) is 0.901. The molecule has 2 atom stereocenters. The van der Waals surface area contributed by atoms with Crippen LogP contribution in [0, 0.1) is 6.92 Å². The van der Waals surface area contributed by atoms with Gasteiger partial charge < -0.3 is 19.5 Å². The second kappa shape index (κ2) is 7.96. The average Bonchev–Trinajstić information content (AvgIpc) is 2.97. The summed E-state index contributed by atoms with van der Waals surface area (Å²) in [6.45, 7) is 7.52. The zero-order chi connectivity index (χ0) is 19.6. The van der Waals surface area contributed by atoms with Gasteiger partial charge in [0.05, 0.1) is 12.2 Å². The summed E-state index contributed by atoms with van der Waals surface area (Å²) in [6, 6.07) is 9.34. The molecule has 2 heterocycles. The molecule has 0 saturated carbocycles. The Balaban J connectivity index is 1.60. The summed E-state index contributed by atoms with van der Waals surface area (Å²) in [5.41, 5.74) is 3.22.